The molecule has 0 aliphatic heterocycles. The highest BCUT2D eigenvalue weighted by molar-refractivity contribution is 7.13. The number of thiazole rings is 1. The molecule has 0 saturated carbocycles. The Labute approximate surface area is 121 Å². The average Bonchev–Trinajstić information content (AvgIpc) is 2.81. The molecule has 0 spiro atoms. The predicted octanol–water partition coefficient (Wildman–Crippen LogP) is 2.36. The fourth-order valence-electron chi connectivity index (χ4n) is 1.67. The molecule has 0 fully saturated rings. The standard InChI is InChI=1S/C15H14N2O2S/c1-10-5-6-13(12(8-10)4-3-7-18)14(19)17-15-16-11(2)9-20-15/h5-6,8-9,18H,7H2,1-2H3,(H,16,17,19). The fourth-order valence-corrected chi connectivity index (χ4v) is 2.35. The van der Waals surface area contributed by atoms with Gasteiger partial charge in [-0.05, 0) is 31.5 Å². The van der Waals surface area contributed by atoms with Gasteiger partial charge in [-0.15, -0.1) is 11.3 Å². The highest BCUT2D eigenvalue weighted by Crippen LogP contribution is 2.17. The summed E-state index contributed by atoms with van der Waals surface area (Å²) in [5.74, 6) is 5.12. The smallest absolute Gasteiger partial charge is 0.258 e. The maximum Gasteiger partial charge on any atom is 0.258 e. The number of aryl methyl sites for hydroxylation is 2. The quantitative estimate of drug-likeness (QED) is 0.833. The van der Waals surface area contributed by atoms with Gasteiger partial charge in [-0.2, -0.15) is 0 Å². The molecular formula is C15H14N2O2S. The summed E-state index contributed by atoms with van der Waals surface area (Å²) >= 11 is 1.38. The molecule has 0 bridgehead atoms. The largest absolute Gasteiger partial charge is 0.384 e. The topological polar surface area (TPSA) is 62.2 Å². The third-order valence-electron chi connectivity index (χ3n) is 2.56. The second kappa shape index (κ2) is 6.33. The first-order chi connectivity index (χ1) is 9.60. The molecule has 1 heterocycles. The number of aromatic nitrogens is 1. The second-order valence-corrected chi connectivity index (χ2v) is 5.12. The lowest BCUT2D eigenvalue weighted by Crippen LogP contribution is -2.13. The Morgan fingerprint density at radius 2 is 2.25 bits per heavy atom. The Bertz CT molecular complexity index is 695. The van der Waals surface area contributed by atoms with E-state index in [2.05, 4.69) is 22.1 Å². The Balaban J connectivity index is 2.29. The minimum atomic E-state index is -0.249. The van der Waals surface area contributed by atoms with E-state index in [9.17, 15) is 4.79 Å². The van der Waals surface area contributed by atoms with E-state index in [4.69, 9.17) is 5.11 Å². The van der Waals surface area contributed by atoms with Crippen molar-refractivity contribution in [3.8, 4) is 11.8 Å². The molecule has 2 rings (SSSR count). The number of aliphatic hydroxyl groups excluding tert-OH is 1. The number of benzene rings is 1. The van der Waals surface area contributed by atoms with Crippen molar-refractivity contribution < 1.29 is 9.90 Å². The molecular weight excluding hydrogens is 272 g/mol. The van der Waals surface area contributed by atoms with Crippen molar-refractivity contribution in [2.45, 2.75) is 13.8 Å². The van der Waals surface area contributed by atoms with Crippen LogP contribution in [0.25, 0.3) is 0 Å². The summed E-state index contributed by atoms with van der Waals surface area (Å²) in [7, 11) is 0. The molecule has 5 heteroatoms. The number of carbonyl (C=O) groups is 1. The van der Waals surface area contributed by atoms with Crippen molar-refractivity contribution in [2.24, 2.45) is 0 Å². The molecule has 102 valence electrons. The first-order valence-electron chi connectivity index (χ1n) is 6.04. The molecule has 2 N–H and O–H groups in total. The van der Waals surface area contributed by atoms with Crippen molar-refractivity contribution >= 4 is 22.4 Å². The van der Waals surface area contributed by atoms with E-state index in [1.165, 1.54) is 11.3 Å². The van der Waals surface area contributed by atoms with Gasteiger partial charge in [0.1, 0.15) is 6.61 Å². The van der Waals surface area contributed by atoms with Crippen molar-refractivity contribution in [2.75, 3.05) is 11.9 Å². The van der Waals surface area contributed by atoms with E-state index in [1.54, 1.807) is 6.07 Å². The van der Waals surface area contributed by atoms with Crippen LogP contribution in [0.15, 0.2) is 23.6 Å². The van der Waals surface area contributed by atoms with Gasteiger partial charge in [0.2, 0.25) is 0 Å². The van der Waals surface area contributed by atoms with E-state index in [0.717, 1.165) is 11.3 Å². The van der Waals surface area contributed by atoms with Crippen LogP contribution in [-0.4, -0.2) is 22.6 Å². The molecule has 2 aromatic rings. The van der Waals surface area contributed by atoms with Crippen molar-refractivity contribution in [1.82, 2.24) is 4.98 Å². The number of amides is 1. The summed E-state index contributed by atoms with van der Waals surface area (Å²) in [6, 6.07) is 5.41. The lowest BCUT2D eigenvalue weighted by molar-refractivity contribution is 0.102. The highest BCUT2D eigenvalue weighted by Gasteiger charge is 2.12. The van der Waals surface area contributed by atoms with E-state index in [1.807, 2.05) is 31.4 Å². The van der Waals surface area contributed by atoms with Gasteiger partial charge in [0.15, 0.2) is 5.13 Å². The molecule has 0 aliphatic rings. The van der Waals surface area contributed by atoms with Gasteiger partial charge in [0.05, 0.1) is 11.3 Å². The van der Waals surface area contributed by atoms with Gasteiger partial charge in [-0.3, -0.25) is 10.1 Å². The van der Waals surface area contributed by atoms with Gasteiger partial charge < -0.3 is 5.11 Å². The Kier molecular flexibility index (Phi) is 4.51. The zero-order valence-corrected chi connectivity index (χ0v) is 12.0. The van der Waals surface area contributed by atoms with E-state index < -0.39 is 0 Å². The highest BCUT2D eigenvalue weighted by atomic mass is 32.1. The van der Waals surface area contributed by atoms with Crippen LogP contribution in [0.5, 0.6) is 0 Å². The van der Waals surface area contributed by atoms with Crippen LogP contribution in [0.2, 0.25) is 0 Å². The Morgan fingerprint density at radius 3 is 2.90 bits per heavy atom. The molecule has 0 aliphatic carbocycles. The van der Waals surface area contributed by atoms with E-state index in [-0.39, 0.29) is 12.5 Å². The first kappa shape index (κ1) is 14.3. The SMILES string of the molecule is Cc1ccc(C(=O)Nc2nc(C)cs2)c(C#CCO)c1. The Hall–Kier alpha value is -2.16. The van der Waals surface area contributed by atoms with Crippen LogP contribution in [0, 0.1) is 25.7 Å². The summed E-state index contributed by atoms with van der Waals surface area (Å²) in [6.07, 6.45) is 0. The maximum absolute atomic E-state index is 12.2. The summed E-state index contributed by atoms with van der Waals surface area (Å²) in [6.45, 7) is 3.56. The summed E-state index contributed by atoms with van der Waals surface area (Å²) in [5, 5.41) is 14.0. The number of rotatable bonds is 2. The van der Waals surface area contributed by atoms with Crippen LogP contribution in [0.1, 0.15) is 27.2 Å². The number of nitrogens with one attached hydrogen (secondary N) is 1. The lowest BCUT2D eigenvalue weighted by atomic mass is 10.0. The number of nitrogens with zero attached hydrogens (tertiary/aromatic N) is 1. The van der Waals surface area contributed by atoms with E-state index in [0.29, 0.717) is 16.3 Å². The number of hydrogen-bond acceptors (Lipinski definition) is 4. The monoisotopic (exact) mass is 286 g/mol. The number of carbonyl (C=O) groups excluding carboxylic acids is 1. The van der Waals surface area contributed by atoms with Crippen molar-refractivity contribution in [3.63, 3.8) is 0 Å². The summed E-state index contributed by atoms with van der Waals surface area (Å²) in [5.41, 5.74) is 2.96. The third-order valence-corrected chi connectivity index (χ3v) is 3.44. The van der Waals surface area contributed by atoms with Crippen LogP contribution >= 0.6 is 11.3 Å². The van der Waals surface area contributed by atoms with Gasteiger partial charge in [0, 0.05) is 10.9 Å². The van der Waals surface area contributed by atoms with Gasteiger partial charge in [-0.25, -0.2) is 4.98 Å². The first-order valence-corrected chi connectivity index (χ1v) is 6.92. The zero-order valence-electron chi connectivity index (χ0n) is 11.2. The Morgan fingerprint density at radius 1 is 1.45 bits per heavy atom. The number of hydrogen-bond donors (Lipinski definition) is 2. The van der Waals surface area contributed by atoms with Gasteiger partial charge in [-0.1, -0.05) is 17.9 Å². The second-order valence-electron chi connectivity index (χ2n) is 4.26. The molecule has 1 aromatic heterocycles. The average molecular weight is 286 g/mol. The fraction of sp³-hybridized carbons (Fsp3) is 0.200. The van der Waals surface area contributed by atoms with Crippen LogP contribution in [-0.2, 0) is 0 Å². The van der Waals surface area contributed by atoms with Crippen molar-refractivity contribution in [1.29, 1.82) is 0 Å². The zero-order chi connectivity index (χ0) is 14.5. The van der Waals surface area contributed by atoms with Crippen LogP contribution < -0.4 is 5.32 Å². The molecule has 0 unspecified atom stereocenters. The van der Waals surface area contributed by atoms with Gasteiger partial charge >= 0.3 is 0 Å². The molecule has 0 atom stereocenters. The lowest BCUT2D eigenvalue weighted by Gasteiger charge is -2.05. The predicted molar refractivity (Wildman–Crippen MR) is 79.9 cm³/mol. The number of aliphatic hydroxyl groups is 1. The summed E-state index contributed by atoms with van der Waals surface area (Å²) in [4.78, 5) is 16.4. The van der Waals surface area contributed by atoms with Crippen LogP contribution in [0.3, 0.4) is 0 Å². The maximum atomic E-state index is 12.2. The molecule has 0 radical (unpaired) electrons. The molecule has 1 amide bonds. The van der Waals surface area contributed by atoms with Crippen molar-refractivity contribution in [3.05, 3.63) is 46.0 Å². The normalized spacial score (nSPS) is 9.75. The minimum Gasteiger partial charge on any atom is -0.384 e. The van der Waals surface area contributed by atoms with Gasteiger partial charge in [0.25, 0.3) is 5.91 Å². The molecule has 20 heavy (non-hydrogen) atoms. The van der Waals surface area contributed by atoms with E-state index >= 15 is 0 Å². The minimum absolute atomic E-state index is 0.235. The third kappa shape index (κ3) is 3.44. The molecule has 4 nitrogen and oxygen atoms in total. The summed E-state index contributed by atoms with van der Waals surface area (Å²) < 4.78 is 0. The number of anilines is 1. The molecule has 1 aromatic carbocycles. The van der Waals surface area contributed by atoms with Crippen LogP contribution in [0.4, 0.5) is 5.13 Å². The molecule has 0 saturated heterocycles.